The van der Waals surface area contributed by atoms with E-state index in [1.807, 2.05) is 39.0 Å². The van der Waals surface area contributed by atoms with Crippen molar-refractivity contribution >= 4 is 11.6 Å². The first-order valence-electron chi connectivity index (χ1n) is 6.81. The number of aryl methyl sites for hydroxylation is 3. The van der Waals surface area contributed by atoms with Crippen molar-refractivity contribution in [3.8, 4) is 6.07 Å². The first-order valence-corrected chi connectivity index (χ1v) is 6.81. The molecule has 0 bridgehead atoms. The second kappa shape index (κ2) is 6.23. The molecule has 1 amide bonds. The number of carbonyl (C=O) groups is 1. The number of rotatable bonds is 4. The van der Waals surface area contributed by atoms with E-state index in [2.05, 4.69) is 16.5 Å². The van der Waals surface area contributed by atoms with Crippen LogP contribution in [0.5, 0.6) is 0 Å². The molecule has 1 aromatic heterocycles. The Kier molecular flexibility index (Phi) is 4.39. The summed E-state index contributed by atoms with van der Waals surface area (Å²) < 4.78 is 1.68. The highest BCUT2D eigenvalue weighted by atomic mass is 16.1. The van der Waals surface area contributed by atoms with Gasteiger partial charge in [-0.15, -0.1) is 0 Å². The van der Waals surface area contributed by atoms with Crippen LogP contribution in [0.25, 0.3) is 0 Å². The standard InChI is InChI=1S/C16H18N4O/c1-11-5-6-14(9-12(11)2)19-16(21)15-10-18-20(13(15)3)8-4-7-17/h5-6,9-10H,4,8H2,1-3H3,(H,19,21). The predicted molar refractivity (Wildman–Crippen MR) is 81.1 cm³/mol. The van der Waals surface area contributed by atoms with Crippen LogP contribution in [0, 0.1) is 32.1 Å². The van der Waals surface area contributed by atoms with E-state index in [9.17, 15) is 4.79 Å². The van der Waals surface area contributed by atoms with E-state index in [0.29, 0.717) is 18.5 Å². The molecule has 108 valence electrons. The van der Waals surface area contributed by atoms with Gasteiger partial charge < -0.3 is 5.32 Å². The topological polar surface area (TPSA) is 70.7 Å². The Morgan fingerprint density at radius 3 is 2.76 bits per heavy atom. The molecule has 0 saturated heterocycles. The van der Waals surface area contributed by atoms with Gasteiger partial charge in [-0.1, -0.05) is 6.07 Å². The fraction of sp³-hybridized carbons (Fsp3) is 0.312. The summed E-state index contributed by atoms with van der Waals surface area (Å²) in [5.74, 6) is -0.182. The average molecular weight is 282 g/mol. The number of nitrogens with zero attached hydrogens (tertiary/aromatic N) is 3. The zero-order valence-corrected chi connectivity index (χ0v) is 12.5. The summed E-state index contributed by atoms with van der Waals surface area (Å²) in [4.78, 5) is 12.3. The van der Waals surface area contributed by atoms with Crippen LogP contribution in [-0.2, 0) is 6.54 Å². The van der Waals surface area contributed by atoms with Gasteiger partial charge >= 0.3 is 0 Å². The number of amides is 1. The van der Waals surface area contributed by atoms with Gasteiger partial charge in [-0.05, 0) is 44.0 Å². The summed E-state index contributed by atoms with van der Waals surface area (Å²) in [6.07, 6.45) is 1.92. The van der Waals surface area contributed by atoms with Crippen LogP contribution >= 0.6 is 0 Å². The second-order valence-corrected chi connectivity index (χ2v) is 5.03. The lowest BCUT2D eigenvalue weighted by Gasteiger charge is -2.08. The Hall–Kier alpha value is -2.61. The van der Waals surface area contributed by atoms with Crippen LogP contribution in [0.1, 0.15) is 33.6 Å². The SMILES string of the molecule is Cc1ccc(NC(=O)c2cnn(CCC#N)c2C)cc1C. The molecule has 0 spiro atoms. The summed E-state index contributed by atoms with van der Waals surface area (Å²) >= 11 is 0. The minimum absolute atomic E-state index is 0.182. The highest BCUT2D eigenvalue weighted by molar-refractivity contribution is 6.04. The van der Waals surface area contributed by atoms with Crippen molar-refractivity contribution in [2.75, 3.05) is 5.32 Å². The number of nitriles is 1. The molecule has 2 rings (SSSR count). The number of hydrogen-bond donors (Lipinski definition) is 1. The van der Waals surface area contributed by atoms with Crippen molar-refractivity contribution in [2.24, 2.45) is 0 Å². The molecule has 5 nitrogen and oxygen atoms in total. The monoisotopic (exact) mass is 282 g/mol. The highest BCUT2D eigenvalue weighted by Gasteiger charge is 2.14. The second-order valence-electron chi connectivity index (χ2n) is 5.03. The minimum atomic E-state index is -0.182. The fourth-order valence-corrected chi connectivity index (χ4v) is 2.07. The number of anilines is 1. The molecular weight excluding hydrogens is 264 g/mol. The van der Waals surface area contributed by atoms with Crippen LogP contribution in [0.2, 0.25) is 0 Å². The zero-order chi connectivity index (χ0) is 15.4. The van der Waals surface area contributed by atoms with E-state index in [1.54, 1.807) is 10.9 Å². The van der Waals surface area contributed by atoms with Gasteiger partial charge in [-0.3, -0.25) is 9.48 Å². The summed E-state index contributed by atoms with van der Waals surface area (Å²) in [5.41, 5.74) is 4.40. The third-order valence-corrected chi connectivity index (χ3v) is 3.55. The number of hydrogen-bond acceptors (Lipinski definition) is 3. The van der Waals surface area contributed by atoms with Crippen LogP contribution in [-0.4, -0.2) is 15.7 Å². The Bertz CT molecular complexity index is 710. The molecule has 0 aliphatic rings. The first-order chi connectivity index (χ1) is 10.0. The summed E-state index contributed by atoms with van der Waals surface area (Å²) in [6, 6.07) is 7.88. The van der Waals surface area contributed by atoms with Crippen LogP contribution in [0.3, 0.4) is 0 Å². The Labute approximate surface area is 124 Å². The third kappa shape index (κ3) is 3.29. The summed E-state index contributed by atoms with van der Waals surface area (Å²) in [5, 5.41) is 15.6. The van der Waals surface area contributed by atoms with Crippen molar-refractivity contribution in [3.05, 3.63) is 46.8 Å². The van der Waals surface area contributed by atoms with E-state index in [-0.39, 0.29) is 5.91 Å². The number of benzene rings is 1. The van der Waals surface area contributed by atoms with Crippen molar-refractivity contribution < 1.29 is 4.79 Å². The lowest BCUT2D eigenvalue weighted by Crippen LogP contribution is -2.13. The molecule has 0 atom stereocenters. The molecule has 0 radical (unpaired) electrons. The maximum absolute atomic E-state index is 12.3. The molecular formula is C16H18N4O. The normalized spacial score (nSPS) is 10.2. The van der Waals surface area contributed by atoms with Gasteiger partial charge in [0.15, 0.2) is 0 Å². The summed E-state index contributed by atoms with van der Waals surface area (Å²) in [6.45, 7) is 6.37. The van der Waals surface area contributed by atoms with E-state index in [1.165, 1.54) is 5.56 Å². The molecule has 1 aromatic carbocycles. The highest BCUT2D eigenvalue weighted by Crippen LogP contribution is 2.16. The molecule has 0 fully saturated rings. The van der Waals surface area contributed by atoms with Gasteiger partial charge in [0.1, 0.15) is 0 Å². The lowest BCUT2D eigenvalue weighted by molar-refractivity contribution is 0.102. The van der Waals surface area contributed by atoms with E-state index < -0.39 is 0 Å². The summed E-state index contributed by atoms with van der Waals surface area (Å²) in [7, 11) is 0. The van der Waals surface area contributed by atoms with Crippen molar-refractivity contribution in [2.45, 2.75) is 33.7 Å². The minimum Gasteiger partial charge on any atom is -0.322 e. The fourth-order valence-electron chi connectivity index (χ4n) is 2.07. The number of carbonyl (C=O) groups excluding carboxylic acids is 1. The van der Waals surface area contributed by atoms with Crippen molar-refractivity contribution in [3.63, 3.8) is 0 Å². The van der Waals surface area contributed by atoms with Gasteiger partial charge in [0.2, 0.25) is 0 Å². The molecule has 0 aliphatic heterocycles. The smallest absolute Gasteiger partial charge is 0.259 e. The number of nitrogens with one attached hydrogen (secondary N) is 1. The van der Waals surface area contributed by atoms with Gasteiger partial charge in [-0.2, -0.15) is 10.4 Å². The molecule has 5 heteroatoms. The lowest BCUT2D eigenvalue weighted by atomic mass is 10.1. The van der Waals surface area contributed by atoms with Gasteiger partial charge in [0.05, 0.1) is 30.8 Å². The van der Waals surface area contributed by atoms with Gasteiger partial charge in [0, 0.05) is 11.4 Å². The average Bonchev–Trinajstić information content (AvgIpc) is 2.82. The molecule has 0 aliphatic carbocycles. The van der Waals surface area contributed by atoms with Crippen LogP contribution < -0.4 is 5.32 Å². The molecule has 2 aromatic rings. The van der Waals surface area contributed by atoms with Gasteiger partial charge in [0.25, 0.3) is 5.91 Å². The van der Waals surface area contributed by atoms with Crippen LogP contribution in [0.4, 0.5) is 5.69 Å². The number of aromatic nitrogens is 2. The predicted octanol–water partition coefficient (Wildman–Crippen LogP) is 2.97. The third-order valence-electron chi connectivity index (χ3n) is 3.55. The Balaban J connectivity index is 2.15. The van der Waals surface area contributed by atoms with Crippen LogP contribution in [0.15, 0.2) is 24.4 Å². The Morgan fingerprint density at radius 2 is 2.10 bits per heavy atom. The largest absolute Gasteiger partial charge is 0.322 e. The molecule has 21 heavy (non-hydrogen) atoms. The molecule has 1 N–H and O–H groups in total. The Morgan fingerprint density at radius 1 is 1.33 bits per heavy atom. The maximum atomic E-state index is 12.3. The first kappa shape index (κ1) is 14.8. The van der Waals surface area contributed by atoms with E-state index >= 15 is 0 Å². The zero-order valence-electron chi connectivity index (χ0n) is 12.5. The quantitative estimate of drug-likeness (QED) is 0.937. The van der Waals surface area contributed by atoms with Crippen molar-refractivity contribution in [1.29, 1.82) is 5.26 Å². The van der Waals surface area contributed by atoms with E-state index in [4.69, 9.17) is 5.26 Å². The molecule has 0 unspecified atom stereocenters. The molecule has 1 heterocycles. The van der Waals surface area contributed by atoms with Gasteiger partial charge in [-0.25, -0.2) is 0 Å². The molecule has 0 saturated carbocycles. The van der Waals surface area contributed by atoms with E-state index in [0.717, 1.165) is 16.9 Å². The van der Waals surface area contributed by atoms with Crippen molar-refractivity contribution in [1.82, 2.24) is 9.78 Å². The maximum Gasteiger partial charge on any atom is 0.259 e.